The normalized spacial score (nSPS) is 23.6. The fraction of sp³-hybridized carbons (Fsp3) is 0.708. The summed E-state index contributed by atoms with van der Waals surface area (Å²) in [5.74, 6) is 1.06. The van der Waals surface area contributed by atoms with E-state index in [9.17, 15) is 0 Å². The molecule has 3 fully saturated rings. The molecular weight excluding hydrogens is 501 g/mol. The van der Waals surface area contributed by atoms with E-state index in [4.69, 9.17) is 9.73 Å². The Morgan fingerprint density at radius 2 is 1.71 bits per heavy atom. The summed E-state index contributed by atoms with van der Waals surface area (Å²) in [6.45, 7) is 13.4. The number of guanidine groups is 1. The number of benzene rings is 1. The highest BCUT2D eigenvalue weighted by atomic mass is 127. The fourth-order valence-corrected chi connectivity index (χ4v) is 4.89. The minimum atomic E-state index is 0. The van der Waals surface area contributed by atoms with Crippen molar-refractivity contribution in [1.29, 1.82) is 0 Å². The van der Waals surface area contributed by atoms with Gasteiger partial charge in [0, 0.05) is 45.3 Å². The van der Waals surface area contributed by atoms with Gasteiger partial charge in [-0.05, 0) is 50.4 Å². The molecular formula is C24H40IN5O. The van der Waals surface area contributed by atoms with Crippen LogP contribution in [-0.2, 0) is 17.8 Å². The zero-order valence-electron chi connectivity index (χ0n) is 19.1. The van der Waals surface area contributed by atoms with Crippen molar-refractivity contribution in [3.05, 3.63) is 35.4 Å². The standard InChI is InChI=1S/C24H39N5O.HI/c1-2-25-24(29-13-10-23(20-29)28-14-16-30-17-15-28)26-18-21-6-8-22(9-7-21)19-27-11-4-3-5-12-27;/h6-9,23H,2-5,10-20H2,1H3,(H,25,26);1H. The van der Waals surface area contributed by atoms with Gasteiger partial charge >= 0.3 is 0 Å². The van der Waals surface area contributed by atoms with Crippen LogP contribution in [0.1, 0.15) is 43.7 Å². The summed E-state index contributed by atoms with van der Waals surface area (Å²) in [5, 5.41) is 3.51. The van der Waals surface area contributed by atoms with E-state index in [0.717, 1.165) is 65.0 Å². The molecule has 0 spiro atoms. The van der Waals surface area contributed by atoms with Gasteiger partial charge in [0.25, 0.3) is 0 Å². The molecule has 0 saturated carbocycles. The van der Waals surface area contributed by atoms with Gasteiger partial charge in [0.1, 0.15) is 0 Å². The van der Waals surface area contributed by atoms with Gasteiger partial charge in [-0.3, -0.25) is 9.80 Å². The maximum atomic E-state index is 5.52. The monoisotopic (exact) mass is 541 g/mol. The summed E-state index contributed by atoms with van der Waals surface area (Å²) in [6.07, 6.45) is 5.31. The molecule has 4 rings (SSSR count). The van der Waals surface area contributed by atoms with Crippen LogP contribution in [0.3, 0.4) is 0 Å². The van der Waals surface area contributed by atoms with E-state index in [1.165, 1.54) is 49.9 Å². The van der Waals surface area contributed by atoms with Crippen molar-refractivity contribution < 1.29 is 4.74 Å². The van der Waals surface area contributed by atoms with Crippen molar-refractivity contribution in [2.75, 3.05) is 59.0 Å². The number of piperidine rings is 1. The van der Waals surface area contributed by atoms with Crippen molar-refractivity contribution >= 4 is 29.9 Å². The van der Waals surface area contributed by atoms with Crippen LogP contribution in [0.25, 0.3) is 0 Å². The van der Waals surface area contributed by atoms with Crippen molar-refractivity contribution in [2.45, 2.75) is 51.7 Å². The molecule has 0 bridgehead atoms. The Hall–Kier alpha value is -0.900. The van der Waals surface area contributed by atoms with Gasteiger partial charge in [0.2, 0.25) is 0 Å². The van der Waals surface area contributed by atoms with Gasteiger partial charge in [-0.2, -0.15) is 0 Å². The quantitative estimate of drug-likeness (QED) is 0.341. The van der Waals surface area contributed by atoms with Crippen LogP contribution < -0.4 is 5.32 Å². The minimum Gasteiger partial charge on any atom is -0.379 e. The first kappa shape index (κ1) is 24.7. The van der Waals surface area contributed by atoms with Crippen LogP contribution in [0.5, 0.6) is 0 Å². The summed E-state index contributed by atoms with van der Waals surface area (Å²) in [6, 6.07) is 9.72. The Labute approximate surface area is 205 Å². The molecule has 3 aliphatic heterocycles. The zero-order valence-corrected chi connectivity index (χ0v) is 21.4. The first-order valence-corrected chi connectivity index (χ1v) is 12.0. The lowest BCUT2D eigenvalue weighted by Crippen LogP contribution is -2.46. The van der Waals surface area contributed by atoms with Crippen LogP contribution in [0.2, 0.25) is 0 Å². The number of hydrogen-bond donors (Lipinski definition) is 1. The van der Waals surface area contributed by atoms with Crippen molar-refractivity contribution in [1.82, 2.24) is 20.0 Å². The van der Waals surface area contributed by atoms with Crippen LogP contribution in [0.4, 0.5) is 0 Å². The van der Waals surface area contributed by atoms with E-state index in [2.05, 4.69) is 51.2 Å². The van der Waals surface area contributed by atoms with Gasteiger partial charge in [0.05, 0.1) is 19.8 Å². The highest BCUT2D eigenvalue weighted by Gasteiger charge is 2.30. The van der Waals surface area contributed by atoms with Gasteiger partial charge in [-0.15, -0.1) is 24.0 Å². The molecule has 0 aromatic heterocycles. The van der Waals surface area contributed by atoms with E-state index >= 15 is 0 Å². The Bertz CT molecular complexity index is 671. The molecule has 1 N–H and O–H groups in total. The Morgan fingerprint density at radius 3 is 2.42 bits per heavy atom. The molecule has 31 heavy (non-hydrogen) atoms. The van der Waals surface area contributed by atoms with Gasteiger partial charge < -0.3 is 15.0 Å². The lowest BCUT2D eigenvalue weighted by Gasteiger charge is -2.32. The molecule has 1 aromatic carbocycles. The minimum absolute atomic E-state index is 0. The second kappa shape index (κ2) is 13.0. The molecule has 3 saturated heterocycles. The zero-order chi connectivity index (χ0) is 20.6. The highest BCUT2D eigenvalue weighted by Crippen LogP contribution is 2.18. The summed E-state index contributed by atoms with van der Waals surface area (Å²) in [5.41, 5.74) is 2.71. The van der Waals surface area contributed by atoms with Crippen LogP contribution >= 0.6 is 24.0 Å². The molecule has 0 aliphatic carbocycles. The second-order valence-electron chi connectivity index (χ2n) is 8.86. The molecule has 174 valence electrons. The van der Waals surface area contributed by atoms with E-state index in [-0.39, 0.29) is 24.0 Å². The predicted octanol–water partition coefficient (Wildman–Crippen LogP) is 3.16. The number of nitrogens with one attached hydrogen (secondary N) is 1. The maximum absolute atomic E-state index is 5.52. The number of halogens is 1. The molecule has 1 unspecified atom stereocenters. The number of morpholine rings is 1. The Kier molecular flexibility index (Phi) is 10.3. The number of likely N-dealkylation sites (tertiary alicyclic amines) is 2. The van der Waals surface area contributed by atoms with Crippen LogP contribution in [-0.4, -0.2) is 85.7 Å². The summed E-state index contributed by atoms with van der Waals surface area (Å²) >= 11 is 0. The smallest absolute Gasteiger partial charge is 0.194 e. The SMILES string of the molecule is CCNC(=NCc1ccc(CN2CCCCC2)cc1)N1CCC(N2CCOCC2)C1.I. The molecule has 0 amide bonds. The summed E-state index contributed by atoms with van der Waals surface area (Å²) in [4.78, 5) is 12.6. The Balaban J connectivity index is 0.00000272. The number of nitrogens with zero attached hydrogens (tertiary/aromatic N) is 4. The number of ether oxygens (including phenoxy) is 1. The van der Waals surface area contributed by atoms with E-state index < -0.39 is 0 Å². The topological polar surface area (TPSA) is 43.3 Å². The van der Waals surface area contributed by atoms with Crippen molar-refractivity contribution in [3.63, 3.8) is 0 Å². The number of rotatable bonds is 6. The lowest BCUT2D eigenvalue weighted by molar-refractivity contribution is 0.0195. The third kappa shape index (κ3) is 7.30. The highest BCUT2D eigenvalue weighted by molar-refractivity contribution is 14.0. The van der Waals surface area contributed by atoms with E-state index in [1.54, 1.807) is 0 Å². The van der Waals surface area contributed by atoms with Gasteiger partial charge in [-0.1, -0.05) is 30.7 Å². The molecule has 3 heterocycles. The van der Waals surface area contributed by atoms with Crippen molar-refractivity contribution in [3.8, 4) is 0 Å². The average Bonchev–Trinajstić information content (AvgIpc) is 3.29. The average molecular weight is 542 g/mol. The Morgan fingerprint density at radius 1 is 1.00 bits per heavy atom. The summed E-state index contributed by atoms with van der Waals surface area (Å²) in [7, 11) is 0. The first-order valence-electron chi connectivity index (χ1n) is 12.0. The van der Waals surface area contributed by atoms with E-state index in [0.29, 0.717) is 6.04 Å². The van der Waals surface area contributed by atoms with Gasteiger partial charge in [0.15, 0.2) is 5.96 Å². The third-order valence-corrected chi connectivity index (χ3v) is 6.65. The third-order valence-electron chi connectivity index (χ3n) is 6.65. The predicted molar refractivity (Wildman–Crippen MR) is 138 cm³/mol. The molecule has 1 atom stereocenters. The number of hydrogen-bond acceptors (Lipinski definition) is 4. The first-order chi connectivity index (χ1) is 14.8. The second-order valence-corrected chi connectivity index (χ2v) is 8.86. The fourth-order valence-electron chi connectivity index (χ4n) is 4.89. The van der Waals surface area contributed by atoms with E-state index in [1.807, 2.05) is 0 Å². The molecule has 6 nitrogen and oxygen atoms in total. The molecule has 0 radical (unpaired) electrons. The van der Waals surface area contributed by atoms with Crippen molar-refractivity contribution in [2.24, 2.45) is 4.99 Å². The molecule has 1 aromatic rings. The lowest BCUT2D eigenvalue weighted by atomic mass is 10.1. The van der Waals surface area contributed by atoms with Crippen LogP contribution in [0.15, 0.2) is 29.3 Å². The maximum Gasteiger partial charge on any atom is 0.194 e. The largest absolute Gasteiger partial charge is 0.379 e. The number of aliphatic imine (C=N–C) groups is 1. The molecule has 7 heteroatoms. The molecule has 3 aliphatic rings. The summed E-state index contributed by atoms with van der Waals surface area (Å²) < 4.78 is 5.52. The van der Waals surface area contributed by atoms with Gasteiger partial charge in [-0.25, -0.2) is 4.99 Å². The van der Waals surface area contributed by atoms with Crippen LogP contribution in [0, 0.1) is 0 Å².